The average molecular weight is 409 g/mol. The lowest BCUT2D eigenvalue weighted by molar-refractivity contribution is -0.140. The Balaban J connectivity index is 2.02. The molecule has 0 bridgehead atoms. The molecule has 7 nitrogen and oxygen atoms in total. The number of carbonyl (C=O) groups excluding carboxylic acids is 2. The van der Waals surface area contributed by atoms with E-state index in [-0.39, 0.29) is 11.3 Å². The van der Waals surface area contributed by atoms with E-state index < -0.39 is 17.7 Å². The molecule has 0 spiro atoms. The van der Waals surface area contributed by atoms with Crippen LogP contribution in [-0.4, -0.2) is 65.4 Å². The number of amides is 1. The normalized spacial score (nSPS) is 18.3. The van der Waals surface area contributed by atoms with Gasteiger partial charge in [-0.25, -0.2) is 0 Å². The third kappa shape index (κ3) is 4.52. The van der Waals surface area contributed by atoms with Crippen molar-refractivity contribution in [3.05, 3.63) is 65.5 Å². The Bertz CT molecular complexity index is 923. The quantitative estimate of drug-likeness (QED) is 0.410. The zero-order valence-electron chi connectivity index (χ0n) is 17.5. The maximum absolute atomic E-state index is 12.9. The van der Waals surface area contributed by atoms with Gasteiger partial charge in [-0.1, -0.05) is 6.07 Å². The maximum atomic E-state index is 12.9. The lowest BCUT2D eigenvalue weighted by Crippen LogP contribution is -2.32. The maximum Gasteiger partial charge on any atom is 0.295 e. The lowest BCUT2D eigenvalue weighted by Gasteiger charge is -2.25. The molecule has 1 aliphatic rings. The van der Waals surface area contributed by atoms with Gasteiger partial charge in [-0.05, 0) is 70.4 Å². The van der Waals surface area contributed by atoms with Gasteiger partial charge in [-0.3, -0.25) is 14.6 Å². The molecule has 1 aromatic carbocycles. The summed E-state index contributed by atoms with van der Waals surface area (Å²) in [6, 6.07) is 11.4. The molecule has 1 unspecified atom stereocenters. The molecule has 7 heteroatoms. The van der Waals surface area contributed by atoms with Crippen LogP contribution in [-0.2, 0) is 9.59 Å². The summed E-state index contributed by atoms with van der Waals surface area (Å²) in [7, 11) is 3.91. The van der Waals surface area contributed by atoms with Crippen LogP contribution in [0.5, 0.6) is 5.75 Å². The largest absolute Gasteiger partial charge is 0.507 e. The fraction of sp³-hybridized carbons (Fsp3) is 0.348. The number of aliphatic hydroxyl groups is 1. The number of nitrogens with zero attached hydrogens (tertiary/aromatic N) is 3. The summed E-state index contributed by atoms with van der Waals surface area (Å²) >= 11 is 0. The standard InChI is InChI=1S/C23H27N3O4/c1-4-30-17-11-9-16(10-12-17)21(27)19-20(18-8-5-6-13-24-18)26(23(29)22(19)28)15-7-14-25(2)3/h5-6,8-13,20,27H,4,7,14-15H2,1-3H3/b21-19+. The molecule has 0 aliphatic carbocycles. The van der Waals surface area contributed by atoms with Crippen molar-refractivity contribution in [1.82, 2.24) is 14.8 Å². The second kappa shape index (κ2) is 9.54. The number of rotatable bonds is 8. The summed E-state index contributed by atoms with van der Waals surface area (Å²) in [4.78, 5) is 33.6. The summed E-state index contributed by atoms with van der Waals surface area (Å²) in [5.74, 6) is -0.847. The van der Waals surface area contributed by atoms with Gasteiger partial charge in [0.05, 0.1) is 17.9 Å². The van der Waals surface area contributed by atoms with Gasteiger partial charge in [0.2, 0.25) is 0 Å². The Hall–Kier alpha value is -3.19. The smallest absolute Gasteiger partial charge is 0.295 e. The first kappa shape index (κ1) is 21.5. The summed E-state index contributed by atoms with van der Waals surface area (Å²) in [6.45, 7) is 3.59. The van der Waals surface area contributed by atoms with Crippen LogP contribution in [0.2, 0.25) is 0 Å². The first-order valence-electron chi connectivity index (χ1n) is 10.0. The number of hydrogen-bond acceptors (Lipinski definition) is 6. The highest BCUT2D eigenvalue weighted by Crippen LogP contribution is 2.38. The number of carbonyl (C=O) groups is 2. The number of benzene rings is 1. The number of aliphatic hydroxyl groups excluding tert-OH is 1. The summed E-state index contributed by atoms with van der Waals surface area (Å²) in [5, 5.41) is 11.0. The van der Waals surface area contributed by atoms with Gasteiger partial charge in [0.1, 0.15) is 17.6 Å². The van der Waals surface area contributed by atoms with Crippen molar-refractivity contribution in [2.45, 2.75) is 19.4 Å². The van der Waals surface area contributed by atoms with Crippen LogP contribution in [0, 0.1) is 0 Å². The van der Waals surface area contributed by atoms with Crippen molar-refractivity contribution in [1.29, 1.82) is 0 Å². The first-order chi connectivity index (χ1) is 14.4. The van der Waals surface area contributed by atoms with Crippen LogP contribution in [0.4, 0.5) is 0 Å². The van der Waals surface area contributed by atoms with E-state index in [2.05, 4.69) is 4.98 Å². The topological polar surface area (TPSA) is 83.0 Å². The number of likely N-dealkylation sites (tertiary alicyclic amines) is 1. The van der Waals surface area contributed by atoms with Gasteiger partial charge in [0.15, 0.2) is 0 Å². The highest BCUT2D eigenvalue weighted by molar-refractivity contribution is 6.46. The molecule has 0 radical (unpaired) electrons. The van der Waals surface area contributed by atoms with E-state index in [1.807, 2.05) is 25.9 Å². The van der Waals surface area contributed by atoms with Gasteiger partial charge in [-0.15, -0.1) is 0 Å². The Morgan fingerprint density at radius 1 is 1.17 bits per heavy atom. The predicted octanol–water partition coefficient (Wildman–Crippen LogP) is 2.85. The Morgan fingerprint density at radius 3 is 2.50 bits per heavy atom. The molecule has 0 saturated carbocycles. The van der Waals surface area contributed by atoms with E-state index >= 15 is 0 Å². The number of hydrogen-bond donors (Lipinski definition) is 1. The van der Waals surface area contributed by atoms with E-state index in [0.717, 1.165) is 6.54 Å². The molecule has 1 fully saturated rings. The number of aromatic nitrogens is 1. The molecule has 1 aromatic heterocycles. The number of Topliss-reactive ketones (excluding diaryl/α,β-unsaturated/α-hetero) is 1. The molecule has 1 amide bonds. The summed E-state index contributed by atoms with van der Waals surface area (Å²) in [6.07, 6.45) is 2.32. The zero-order valence-corrected chi connectivity index (χ0v) is 17.5. The second-order valence-electron chi connectivity index (χ2n) is 7.36. The summed E-state index contributed by atoms with van der Waals surface area (Å²) in [5.41, 5.74) is 1.06. The minimum Gasteiger partial charge on any atom is -0.507 e. The molecular formula is C23H27N3O4. The van der Waals surface area contributed by atoms with Crippen LogP contribution >= 0.6 is 0 Å². The SMILES string of the molecule is CCOc1ccc(/C(O)=C2\C(=O)C(=O)N(CCCN(C)C)C2c2ccccn2)cc1. The van der Waals surface area contributed by atoms with Gasteiger partial charge in [0.25, 0.3) is 11.7 Å². The lowest BCUT2D eigenvalue weighted by atomic mass is 9.98. The number of pyridine rings is 1. The fourth-order valence-electron chi connectivity index (χ4n) is 3.54. The fourth-order valence-corrected chi connectivity index (χ4v) is 3.54. The van der Waals surface area contributed by atoms with Gasteiger partial charge >= 0.3 is 0 Å². The minimum atomic E-state index is -0.722. The van der Waals surface area contributed by atoms with E-state index in [1.54, 1.807) is 48.7 Å². The molecule has 3 rings (SSSR count). The van der Waals surface area contributed by atoms with Crippen molar-refractivity contribution in [3.63, 3.8) is 0 Å². The number of ether oxygens (including phenoxy) is 1. The van der Waals surface area contributed by atoms with E-state index in [0.29, 0.717) is 36.6 Å². The van der Waals surface area contributed by atoms with E-state index in [1.165, 1.54) is 4.90 Å². The molecule has 2 heterocycles. The molecule has 1 N–H and O–H groups in total. The average Bonchev–Trinajstić information content (AvgIpc) is 2.99. The molecule has 30 heavy (non-hydrogen) atoms. The van der Waals surface area contributed by atoms with Crippen LogP contribution in [0.25, 0.3) is 5.76 Å². The molecule has 2 aromatic rings. The highest BCUT2D eigenvalue weighted by atomic mass is 16.5. The van der Waals surface area contributed by atoms with Crippen molar-refractivity contribution in [2.24, 2.45) is 0 Å². The van der Waals surface area contributed by atoms with Crippen LogP contribution in [0.3, 0.4) is 0 Å². The summed E-state index contributed by atoms with van der Waals surface area (Å²) < 4.78 is 5.43. The third-order valence-electron chi connectivity index (χ3n) is 4.95. The zero-order chi connectivity index (χ0) is 21.7. The first-order valence-corrected chi connectivity index (χ1v) is 10.0. The van der Waals surface area contributed by atoms with Crippen molar-refractivity contribution < 1.29 is 19.4 Å². The van der Waals surface area contributed by atoms with Crippen LogP contribution in [0.15, 0.2) is 54.2 Å². The van der Waals surface area contributed by atoms with E-state index in [9.17, 15) is 14.7 Å². The van der Waals surface area contributed by atoms with Crippen molar-refractivity contribution in [2.75, 3.05) is 33.8 Å². The monoisotopic (exact) mass is 409 g/mol. The van der Waals surface area contributed by atoms with Gasteiger partial charge in [0, 0.05) is 18.3 Å². The minimum absolute atomic E-state index is 0.0627. The molecule has 1 aliphatic heterocycles. The third-order valence-corrected chi connectivity index (χ3v) is 4.95. The molecule has 158 valence electrons. The van der Waals surface area contributed by atoms with Gasteiger partial charge in [-0.2, -0.15) is 0 Å². The van der Waals surface area contributed by atoms with Crippen LogP contribution in [0.1, 0.15) is 30.6 Å². The Labute approximate surface area is 176 Å². The number of ketones is 1. The second-order valence-corrected chi connectivity index (χ2v) is 7.36. The molecule has 1 atom stereocenters. The highest BCUT2D eigenvalue weighted by Gasteiger charge is 2.46. The predicted molar refractivity (Wildman–Crippen MR) is 114 cm³/mol. The molecule has 1 saturated heterocycles. The van der Waals surface area contributed by atoms with Gasteiger partial charge < -0.3 is 19.6 Å². The Kier molecular flexibility index (Phi) is 6.84. The molecular weight excluding hydrogens is 382 g/mol. The Morgan fingerprint density at radius 2 is 1.90 bits per heavy atom. The van der Waals surface area contributed by atoms with E-state index in [4.69, 9.17) is 4.74 Å². The van der Waals surface area contributed by atoms with Crippen molar-refractivity contribution in [3.8, 4) is 5.75 Å². The van der Waals surface area contributed by atoms with Crippen LogP contribution < -0.4 is 4.74 Å². The van der Waals surface area contributed by atoms with Crippen molar-refractivity contribution >= 4 is 17.4 Å².